The molecule has 56 heavy (non-hydrogen) atoms. The van der Waals surface area contributed by atoms with Gasteiger partial charge in [0.2, 0.25) is 5.91 Å². The number of hydrogen-bond donors (Lipinski definition) is 2. The molecule has 0 saturated carbocycles. The quantitative estimate of drug-likeness (QED) is 0.193. The Kier molecular flexibility index (Phi) is 10.0. The summed E-state index contributed by atoms with van der Waals surface area (Å²) in [6.45, 7) is 11.0. The second-order valence-corrected chi connectivity index (χ2v) is 16.6. The van der Waals surface area contributed by atoms with Gasteiger partial charge in [0.1, 0.15) is 17.6 Å². The van der Waals surface area contributed by atoms with Gasteiger partial charge in [0.05, 0.1) is 5.69 Å². The van der Waals surface area contributed by atoms with Crippen LogP contribution in [0.2, 0.25) is 0 Å². The number of rotatable bonds is 8. The van der Waals surface area contributed by atoms with Crippen LogP contribution in [0.1, 0.15) is 88.5 Å². The van der Waals surface area contributed by atoms with Crippen LogP contribution < -0.4 is 15.1 Å². The van der Waals surface area contributed by atoms with Crippen molar-refractivity contribution in [1.82, 2.24) is 15.1 Å². The molecule has 4 heterocycles. The number of phenols is 1. The summed E-state index contributed by atoms with van der Waals surface area (Å²) in [6, 6.07) is 27.9. The zero-order valence-electron chi connectivity index (χ0n) is 32.1. The van der Waals surface area contributed by atoms with Crippen molar-refractivity contribution in [3.8, 4) is 5.75 Å². The number of hydrogen-bond acceptors (Lipinski definition) is 6. The molecule has 1 unspecified atom stereocenters. The van der Waals surface area contributed by atoms with Crippen molar-refractivity contribution in [3.63, 3.8) is 0 Å². The van der Waals surface area contributed by atoms with Gasteiger partial charge in [0, 0.05) is 68.7 Å². The van der Waals surface area contributed by atoms with Gasteiger partial charge in [0.15, 0.2) is 0 Å². The minimum Gasteiger partial charge on any atom is -0.508 e. The van der Waals surface area contributed by atoms with E-state index in [9.17, 15) is 14.7 Å². The fourth-order valence-electron chi connectivity index (χ4n) is 10.1. The van der Waals surface area contributed by atoms with E-state index in [0.29, 0.717) is 36.6 Å². The number of fused-ring (bicyclic) bond motifs is 2. The topological polar surface area (TPSA) is 79.4 Å². The monoisotopic (exact) mass is 753 g/mol. The van der Waals surface area contributed by atoms with Gasteiger partial charge in [-0.05, 0) is 134 Å². The lowest BCUT2D eigenvalue weighted by molar-refractivity contribution is -0.126. The summed E-state index contributed by atoms with van der Waals surface area (Å²) in [5.41, 5.74) is 8.89. The third kappa shape index (κ3) is 7.18. The second kappa shape index (κ2) is 15.4. The van der Waals surface area contributed by atoms with Crippen molar-refractivity contribution < 1.29 is 19.1 Å². The van der Waals surface area contributed by atoms with Gasteiger partial charge in [-0.2, -0.15) is 0 Å². The summed E-state index contributed by atoms with van der Waals surface area (Å²) >= 11 is 0. The first kappa shape index (κ1) is 36.5. The highest BCUT2D eigenvalue weighted by Crippen LogP contribution is 2.47. The van der Waals surface area contributed by atoms with Gasteiger partial charge in [-0.3, -0.25) is 14.5 Å². The highest BCUT2D eigenvalue weighted by atomic mass is 19.1. The highest BCUT2D eigenvalue weighted by Gasteiger charge is 2.39. The maximum absolute atomic E-state index is 16.1. The molecule has 5 aliphatic rings. The first-order chi connectivity index (χ1) is 27.3. The van der Waals surface area contributed by atoms with Gasteiger partial charge < -0.3 is 25.1 Å². The molecule has 0 aromatic heterocycles. The molecule has 4 aromatic carbocycles. The summed E-state index contributed by atoms with van der Waals surface area (Å²) < 4.78 is 16.1. The molecule has 3 saturated heterocycles. The molecule has 0 radical (unpaired) electrons. The molecule has 8 nitrogen and oxygen atoms in total. The van der Waals surface area contributed by atoms with Crippen LogP contribution in [-0.4, -0.2) is 78.6 Å². The van der Waals surface area contributed by atoms with E-state index in [4.69, 9.17) is 0 Å². The second-order valence-electron chi connectivity index (χ2n) is 16.6. The zero-order chi connectivity index (χ0) is 38.3. The van der Waals surface area contributed by atoms with E-state index < -0.39 is 6.04 Å². The number of carbonyl (C=O) groups excluding carboxylic acids is 2. The number of anilines is 2. The average molecular weight is 754 g/mol. The number of phenolic OH excluding ortho intramolecular Hbond substituents is 1. The van der Waals surface area contributed by atoms with Crippen molar-refractivity contribution >= 4 is 23.2 Å². The number of aromatic hydroxyl groups is 1. The van der Waals surface area contributed by atoms with Crippen molar-refractivity contribution in [2.75, 3.05) is 55.6 Å². The number of halogens is 1. The number of aryl methyl sites for hydroxylation is 1. The van der Waals surface area contributed by atoms with Crippen LogP contribution in [0.4, 0.5) is 15.8 Å². The van der Waals surface area contributed by atoms with E-state index in [1.54, 1.807) is 17.0 Å². The maximum atomic E-state index is 16.1. The molecule has 0 bridgehead atoms. The lowest BCUT2D eigenvalue weighted by atomic mass is 9.69. The Balaban J connectivity index is 0.770. The maximum Gasteiger partial charge on any atom is 0.255 e. The lowest BCUT2D eigenvalue weighted by Crippen LogP contribution is -2.49. The third-order valence-electron chi connectivity index (χ3n) is 13.3. The molecule has 4 aliphatic heterocycles. The minimum atomic E-state index is -0.440. The van der Waals surface area contributed by atoms with E-state index in [1.165, 1.54) is 11.1 Å². The fourth-order valence-corrected chi connectivity index (χ4v) is 10.1. The molecule has 0 spiro atoms. The molecule has 9 heteroatoms. The van der Waals surface area contributed by atoms with Gasteiger partial charge in [-0.1, -0.05) is 49.0 Å². The van der Waals surface area contributed by atoms with Crippen LogP contribution in [0.25, 0.3) is 0 Å². The summed E-state index contributed by atoms with van der Waals surface area (Å²) in [6.07, 6.45) is 6.46. The average Bonchev–Trinajstić information content (AvgIpc) is 3.55. The molecule has 290 valence electrons. The number of piperidine rings is 2. The summed E-state index contributed by atoms with van der Waals surface area (Å²) in [5.74, 6) is 0.859. The number of nitrogens with zero attached hydrogens (tertiary/aromatic N) is 4. The fraction of sp³-hybridized carbons (Fsp3) is 0.404. The number of amides is 2. The zero-order valence-corrected chi connectivity index (χ0v) is 32.1. The van der Waals surface area contributed by atoms with Crippen molar-refractivity contribution in [1.29, 1.82) is 0 Å². The molecule has 2 amide bonds. The molecular weight excluding hydrogens is 702 g/mol. The third-order valence-corrected chi connectivity index (χ3v) is 13.3. The molecule has 3 fully saturated rings. The SMILES string of the molecule is C=C1CCC(N2Cc3cc(N4CCN(CCC5CCN(c6ccc([C@@H]7c8ccc(O)cc8CC[C@@H]7c7ccccc7)cc6F)CC5)CC4)ccc3C2=O)C(=O)N1. The Bertz CT molecular complexity index is 2120. The predicted molar refractivity (Wildman–Crippen MR) is 219 cm³/mol. The predicted octanol–water partition coefficient (Wildman–Crippen LogP) is 7.57. The lowest BCUT2D eigenvalue weighted by Gasteiger charge is -2.38. The number of carbonyl (C=O) groups is 2. The van der Waals surface area contributed by atoms with Gasteiger partial charge in [-0.15, -0.1) is 0 Å². The van der Waals surface area contributed by atoms with E-state index in [1.807, 2.05) is 30.3 Å². The minimum absolute atomic E-state index is 0.0294. The van der Waals surface area contributed by atoms with Crippen LogP contribution in [-0.2, 0) is 17.8 Å². The standard InChI is InChI=1S/C47H52FN5O3/c1-31-7-15-44(46(55)49-31)53-30-36-27-37(10-13-41(36)47(53)56)51-25-23-50(24-26-51)20-17-32-18-21-52(22-19-32)43-16-9-35(29-42(43)48)45-39(33-5-3-2-4-6-33)12-8-34-28-38(54)11-14-40(34)45/h2-6,9-11,13-14,16,27-29,32,39,44-45,54H,1,7-8,12,15,17-26,30H2,(H,49,55)/t39-,44?,45+/m1/s1. The van der Waals surface area contributed by atoms with Crippen LogP contribution in [0.3, 0.4) is 0 Å². The van der Waals surface area contributed by atoms with Crippen molar-refractivity contribution in [2.24, 2.45) is 5.92 Å². The Labute approximate surface area is 329 Å². The van der Waals surface area contributed by atoms with E-state index >= 15 is 4.39 Å². The number of piperazine rings is 1. The van der Waals surface area contributed by atoms with Gasteiger partial charge >= 0.3 is 0 Å². The highest BCUT2D eigenvalue weighted by molar-refractivity contribution is 6.01. The molecule has 4 aromatic rings. The molecule has 3 atom stereocenters. The summed E-state index contributed by atoms with van der Waals surface area (Å²) in [5, 5.41) is 13.0. The molecule has 9 rings (SSSR count). The Hall–Kier alpha value is -5.15. The van der Waals surface area contributed by atoms with E-state index in [2.05, 4.69) is 69.1 Å². The van der Waals surface area contributed by atoms with Crippen LogP contribution in [0, 0.1) is 11.7 Å². The Morgan fingerprint density at radius 2 is 1.57 bits per heavy atom. The first-order valence-corrected chi connectivity index (χ1v) is 20.6. The largest absolute Gasteiger partial charge is 0.508 e. The number of nitrogens with one attached hydrogen (secondary N) is 1. The number of allylic oxidation sites excluding steroid dienone is 1. The van der Waals surface area contributed by atoms with Gasteiger partial charge in [0.25, 0.3) is 5.91 Å². The Morgan fingerprint density at radius 1 is 0.768 bits per heavy atom. The van der Waals surface area contributed by atoms with E-state index in [0.717, 1.165) is 106 Å². The van der Waals surface area contributed by atoms with Crippen LogP contribution in [0.5, 0.6) is 5.75 Å². The summed E-state index contributed by atoms with van der Waals surface area (Å²) in [4.78, 5) is 34.8. The van der Waals surface area contributed by atoms with Crippen molar-refractivity contribution in [3.05, 3.63) is 136 Å². The van der Waals surface area contributed by atoms with Crippen LogP contribution >= 0.6 is 0 Å². The molecule has 1 aliphatic carbocycles. The summed E-state index contributed by atoms with van der Waals surface area (Å²) in [7, 11) is 0. The smallest absolute Gasteiger partial charge is 0.255 e. The van der Waals surface area contributed by atoms with Crippen molar-refractivity contribution in [2.45, 2.75) is 69.4 Å². The number of benzene rings is 4. The Morgan fingerprint density at radius 3 is 2.34 bits per heavy atom. The first-order valence-electron chi connectivity index (χ1n) is 20.6. The van der Waals surface area contributed by atoms with Crippen LogP contribution in [0.15, 0.2) is 97.2 Å². The molecular formula is C47H52FN5O3. The van der Waals surface area contributed by atoms with Gasteiger partial charge in [-0.25, -0.2) is 4.39 Å². The van der Waals surface area contributed by atoms with E-state index in [-0.39, 0.29) is 35.2 Å². The normalized spacial score (nSPS) is 23.3. The molecule has 2 N–H and O–H groups in total.